The summed E-state index contributed by atoms with van der Waals surface area (Å²) in [6, 6.07) is 10.7. The molecular formula is C27H26N6OS. The second-order valence-corrected chi connectivity index (χ2v) is 10.9. The Morgan fingerprint density at radius 2 is 2.03 bits per heavy atom. The minimum absolute atomic E-state index is 0.173. The van der Waals surface area contributed by atoms with E-state index in [4.69, 9.17) is 15.5 Å². The summed E-state index contributed by atoms with van der Waals surface area (Å²) in [6.45, 7) is 6.65. The highest BCUT2D eigenvalue weighted by atomic mass is 32.1. The lowest BCUT2D eigenvalue weighted by atomic mass is 9.77. The van der Waals surface area contributed by atoms with E-state index in [0.717, 1.165) is 39.0 Å². The number of ether oxygens (including phenoxy) is 1. The first-order chi connectivity index (χ1) is 16.7. The molecule has 2 aromatic carbocycles. The van der Waals surface area contributed by atoms with Crippen molar-refractivity contribution in [2.75, 3.05) is 36.2 Å². The van der Waals surface area contributed by atoms with Gasteiger partial charge < -0.3 is 20.3 Å². The molecule has 4 aromatic rings. The molecule has 4 heterocycles. The van der Waals surface area contributed by atoms with Crippen molar-refractivity contribution in [3.05, 3.63) is 47.0 Å². The van der Waals surface area contributed by atoms with Crippen LogP contribution in [-0.4, -0.2) is 37.6 Å². The lowest BCUT2D eigenvalue weighted by Gasteiger charge is -2.46. The zero-order valence-electron chi connectivity index (χ0n) is 20.4. The summed E-state index contributed by atoms with van der Waals surface area (Å²) in [5.74, 6) is 1.11. The number of nitriles is 1. The van der Waals surface area contributed by atoms with Crippen LogP contribution in [0.4, 0.5) is 22.9 Å². The van der Waals surface area contributed by atoms with Crippen molar-refractivity contribution in [2.45, 2.75) is 31.9 Å². The number of aryl methyl sites for hydroxylation is 1. The third kappa shape index (κ3) is 2.70. The predicted octanol–water partition coefficient (Wildman–Crippen LogP) is 5.52. The maximum atomic E-state index is 9.90. The molecule has 176 valence electrons. The molecule has 7 nitrogen and oxygen atoms in total. The molecule has 2 aliphatic rings. The Morgan fingerprint density at radius 1 is 1.23 bits per heavy atom. The molecule has 1 atom stereocenters. The van der Waals surface area contributed by atoms with Gasteiger partial charge in [-0.15, -0.1) is 11.3 Å². The number of nitrogens with zero attached hydrogens (tertiary/aromatic N) is 5. The van der Waals surface area contributed by atoms with E-state index < -0.39 is 11.1 Å². The SMILES string of the molecule is Cc1c2c(cc3ccsc13)C(C)(C)C1(C=Nc3c(N(C)C)cc4cc(N)ncc4c3O1)N2CC#N. The number of hydrogen-bond acceptors (Lipinski definition) is 8. The van der Waals surface area contributed by atoms with E-state index in [1.165, 1.54) is 10.1 Å². The second kappa shape index (κ2) is 7.09. The number of pyridine rings is 1. The van der Waals surface area contributed by atoms with E-state index in [2.05, 4.69) is 60.3 Å². The van der Waals surface area contributed by atoms with Crippen LogP contribution < -0.4 is 20.3 Å². The molecule has 1 spiro atoms. The third-order valence-electron chi connectivity index (χ3n) is 7.47. The van der Waals surface area contributed by atoms with Gasteiger partial charge in [0.25, 0.3) is 0 Å². The van der Waals surface area contributed by atoms with Gasteiger partial charge in [-0.2, -0.15) is 5.26 Å². The van der Waals surface area contributed by atoms with Gasteiger partial charge in [0, 0.05) is 36.1 Å². The topological polar surface area (TPSA) is 90.8 Å². The number of benzene rings is 2. The van der Waals surface area contributed by atoms with Gasteiger partial charge in [-0.25, -0.2) is 9.98 Å². The zero-order chi connectivity index (χ0) is 24.7. The van der Waals surface area contributed by atoms with Crippen LogP contribution in [0.3, 0.4) is 0 Å². The molecule has 8 heteroatoms. The minimum Gasteiger partial charge on any atom is -0.459 e. The van der Waals surface area contributed by atoms with Gasteiger partial charge in [0.15, 0.2) is 5.75 Å². The Morgan fingerprint density at radius 3 is 2.77 bits per heavy atom. The fraction of sp³-hybridized carbons (Fsp3) is 0.296. The predicted molar refractivity (Wildman–Crippen MR) is 145 cm³/mol. The molecule has 35 heavy (non-hydrogen) atoms. The molecular weight excluding hydrogens is 456 g/mol. The zero-order valence-corrected chi connectivity index (χ0v) is 21.2. The molecule has 2 N–H and O–H groups in total. The molecule has 0 saturated heterocycles. The first-order valence-electron chi connectivity index (χ1n) is 11.5. The van der Waals surface area contributed by atoms with Gasteiger partial charge >= 0.3 is 0 Å². The molecule has 0 amide bonds. The quantitative estimate of drug-likeness (QED) is 0.378. The van der Waals surface area contributed by atoms with Crippen molar-refractivity contribution in [2.24, 2.45) is 4.99 Å². The van der Waals surface area contributed by atoms with Crippen molar-refractivity contribution in [3.8, 4) is 11.8 Å². The van der Waals surface area contributed by atoms with E-state index in [1.54, 1.807) is 17.5 Å². The van der Waals surface area contributed by atoms with Crippen molar-refractivity contribution >= 4 is 61.3 Å². The molecule has 6 rings (SSSR count). The van der Waals surface area contributed by atoms with E-state index >= 15 is 0 Å². The molecule has 2 aromatic heterocycles. The second-order valence-electron chi connectivity index (χ2n) is 9.96. The summed E-state index contributed by atoms with van der Waals surface area (Å²) in [4.78, 5) is 13.5. The van der Waals surface area contributed by atoms with Gasteiger partial charge in [0.1, 0.15) is 18.1 Å². The Labute approximate surface area is 208 Å². The number of aliphatic imine (C=N–C) groups is 1. The number of anilines is 3. The summed E-state index contributed by atoms with van der Waals surface area (Å²) in [5.41, 5.74) is 9.60. The number of thiophene rings is 1. The van der Waals surface area contributed by atoms with Crippen LogP contribution in [0.1, 0.15) is 25.0 Å². The number of fused-ring (bicyclic) bond motifs is 5. The van der Waals surface area contributed by atoms with Gasteiger partial charge in [-0.3, -0.25) is 0 Å². The molecule has 2 aliphatic heterocycles. The van der Waals surface area contributed by atoms with Gasteiger partial charge in [0.2, 0.25) is 5.72 Å². The standard InChI is InChI=1S/C27H26N6OS/c1-15-23-19(10-16-6-9-35-25(15)16)26(2,3)27(33(23)8-7-28)14-31-22-20(32(4)5)11-17-12-21(29)30-13-18(17)24(22)34-27/h6,9-14H,8H2,1-5H3,(H2,29,30). The van der Waals surface area contributed by atoms with Gasteiger partial charge in [-0.05, 0) is 72.3 Å². The van der Waals surface area contributed by atoms with E-state index in [0.29, 0.717) is 11.6 Å². The number of nitrogen functional groups attached to an aromatic ring is 1. The number of hydrogen-bond donors (Lipinski definition) is 1. The summed E-state index contributed by atoms with van der Waals surface area (Å²) < 4.78 is 8.30. The largest absolute Gasteiger partial charge is 0.459 e. The molecule has 0 bridgehead atoms. The van der Waals surface area contributed by atoms with Gasteiger partial charge in [0.05, 0.1) is 23.4 Å². The third-order valence-corrected chi connectivity index (χ3v) is 8.52. The summed E-state index contributed by atoms with van der Waals surface area (Å²) in [7, 11) is 3.97. The molecule has 1 unspecified atom stereocenters. The van der Waals surface area contributed by atoms with Crippen molar-refractivity contribution < 1.29 is 4.74 Å². The van der Waals surface area contributed by atoms with Crippen LogP contribution in [0.5, 0.6) is 5.75 Å². The maximum Gasteiger partial charge on any atom is 0.229 e. The Hall–Kier alpha value is -3.83. The van der Waals surface area contributed by atoms with E-state index in [9.17, 15) is 5.26 Å². The Bertz CT molecular complexity index is 1610. The average Bonchev–Trinajstić information content (AvgIpc) is 3.36. The monoisotopic (exact) mass is 482 g/mol. The number of rotatable bonds is 2. The number of aromatic nitrogens is 1. The first kappa shape index (κ1) is 21.7. The van der Waals surface area contributed by atoms with Crippen molar-refractivity contribution in [1.29, 1.82) is 5.26 Å². The molecule has 0 aliphatic carbocycles. The van der Waals surface area contributed by atoms with Crippen LogP contribution in [0.25, 0.3) is 20.9 Å². The number of nitrogens with two attached hydrogens (primary N) is 1. The van der Waals surface area contributed by atoms with Crippen molar-refractivity contribution in [3.63, 3.8) is 0 Å². The fourth-order valence-electron chi connectivity index (χ4n) is 5.63. The highest BCUT2D eigenvalue weighted by Gasteiger charge is 2.60. The Kier molecular flexibility index (Phi) is 4.39. The average molecular weight is 483 g/mol. The molecule has 0 radical (unpaired) electrons. The normalized spacial score (nSPS) is 19.6. The fourth-order valence-corrected chi connectivity index (χ4v) is 6.52. The highest BCUT2D eigenvalue weighted by Crippen LogP contribution is 2.58. The van der Waals surface area contributed by atoms with E-state index in [1.807, 2.05) is 31.3 Å². The smallest absolute Gasteiger partial charge is 0.229 e. The maximum absolute atomic E-state index is 9.90. The van der Waals surface area contributed by atoms with Gasteiger partial charge in [-0.1, -0.05) is 0 Å². The van der Waals surface area contributed by atoms with Crippen molar-refractivity contribution in [1.82, 2.24) is 4.98 Å². The van der Waals surface area contributed by atoms with Crippen LogP contribution in [-0.2, 0) is 5.41 Å². The lowest BCUT2D eigenvalue weighted by Crippen LogP contribution is -2.62. The van der Waals surface area contributed by atoms with E-state index in [-0.39, 0.29) is 6.54 Å². The Balaban J connectivity index is 1.65. The summed E-state index contributed by atoms with van der Waals surface area (Å²) >= 11 is 1.72. The highest BCUT2D eigenvalue weighted by molar-refractivity contribution is 7.17. The lowest BCUT2D eigenvalue weighted by molar-refractivity contribution is 0.0818. The van der Waals surface area contributed by atoms with Crippen LogP contribution in [0.2, 0.25) is 0 Å². The minimum atomic E-state index is -0.981. The van der Waals surface area contributed by atoms with Crippen LogP contribution >= 0.6 is 11.3 Å². The summed E-state index contributed by atoms with van der Waals surface area (Å²) in [6.07, 6.45) is 3.65. The molecule has 0 fully saturated rings. The molecule has 0 saturated carbocycles. The summed E-state index contributed by atoms with van der Waals surface area (Å²) in [5, 5.41) is 15.0. The first-order valence-corrected chi connectivity index (χ1v) is 12.4. The van der Waals surface area contributed by atoms with Crippen LogP contribution in [0.15, 0.2) is 40.8 Å². The van der Waals surface area contributed by atoms with Crippen LogP contribution in [0, 0.1) is 18.3 Å².